The van der Waals surface area contributed by atoms with Crippen molar-refractivity contribution in [1.82, 2.24) is 19.7 Å². The molecule has 3 aromatic heterocycles. The van der Waals surface area contributed by atoms with Gasteiger partial charge >= 0.3 is 0 Å². The fraction of sp³-hybridized carbons (Fsp3) is 0.286. The van der Waals surface area contributed by atoms with Crippen molar-refractivity contribution in [2.24, 2.45) is 7.05 Å². The summed E-state index contributed by atoms with van der Waals surface area (Å²) >= 11 is 2.77. The molecule has 0 radical (unpaired) electrons. The van der Waals surface area contributed by atoms with Gasteiger partial charge in [-0.1, -0.05) is 18.7 Å². The van der Waals surface area contributed by atoms with Gasteiger partial charge in [0.15, 0.2) is 21.9 Å². The summed E-state index contributed by atoms with van der Waals surface area (Å²) in [7, 11) is 1.85. The zero-order chi connectivity index (χ0) is 16.2. The molecule has 3 aromatic rings. The average molecular weight is 349 g/mol. The van der Waals surface area contributed by atoms with Crippen molar-refractivity contribution in [3.63, 3.8) is 0 Å². The fourth-order valence-electron chi connectivity index (χ4n) is 1.96. The normalized spacial score (nSPS) is 12.3. The van der Waals surface area contributed by atoms with Gasteiger partial charge in [-0.2, -0.15) is 0 Å². The highest BCUT2D eigenvalue weighted by atomic mass is 32.2. The molecule has 0 aliphatic rings. The van der Waals surface area contributed by atoms with Gasteiger partial charge in [0.2, 0.25) is 5.91 Å². The van der Waals surface area contributed by atoms with Gasteiger partial charge in [-0.25, -0.2) is 4.98 Å². The van der Waals surface area contributed by atoms with Crippen LogP contribution in [0.4, 0.5) is 5.13 Å². The molecule has 9 heteroatoms. The number of nitrogens with one attached hydrogen (secondary N) is 1. The van der Waals surface area contributed by atoms with E-state index in [1.165, 1.54) is 23.1 Å². The van der Waals surface area contributed by atoms with Crippen LogP contribution in [0.25, 0.3) is 11.6 Å². The van der Waals surface area contributed by atoms with Gasteiger partial charge in [-0.3, -0.25) is 4.79 Å². The number of thiazole rings is 1. The number of furan rings is 1. The van der Waals surface area contributed by atoms with E-state index in [1.807, 2.05) is 30.0 Å². The lowest BCUT2D eigenvalue weighted by molar-refractivity contribution is -0.115. The summed E-state index contributed by atoms with van der Waals surface area (Å²) in [6, 6.07) is 3.62. The average Bonchev–Trinajstić information content (AvgIpc) is 3.27. The van der Waals surface area contributed by atoms with E-state index in [9.17, 15) is 4.79 Å². The molecule has 7 nitrogen and oxygen atoms in total. The Balaban J connectivity index is 1.73. The Kier molecular flexibility index (Phi) is 4.77. The molecule has 1 N–H and O–H groups in total. The summed E-state index contributed by atoms with van der Waals surface area (Å²) in [5.74, 6) is 1.19. The topological polar surface area (TPSA) is 85.8 Å². The van der Waals surface area contributed by atoms with Gasteiger partial charge in [0.1, 0.15) is 0 Å². The first-order chi connectivity index (χ1) is 11.2. The third-order valence-corrected chi connectivity index (χ3v) is 5.24. The fourth-order valence-corrected chi connectivity index (χ4v) is 3.41. The smallest absolute Gasteiger partial charge is 0.239 e. The van der Waals surface area contributed by atoms with Crippen molar-refractivity contribution in [3.8, 4) is 11.6 Å². The van der Waals surface area contributed by atoms with Gasteiger partial charge in [0.25, 0.3) is 0 Å². The van der Waals surface area contributed by atoms with E-state index >= 15 is 0 Å². The molecule has 0 unspecified atom stereocenters. The van der Waals surface area contributed by atoms with Crippen molar-refractivity contribution in [1.29, 1.82) is 0 Å². The molecular formula is C14H15N5O2S2. The van der Waals surface area contributed by atoms with E-state index in [4.69, 9.17) is 4.42 Å². The minimum atomic E-state index is -0.272. The first-order valence-electron chi connectivity index (χ1n) is 6.99. The van der Waals surface area contributed by atoms with Crippen molar-refractivity contribution in [2.45, 2.75) is 23.8 Å². The van der Waals surface area contributed by atoms with Crippen LogP contribution >= 0.6 is 23.1 Å². The summed E-state index contributed by atoms with van der Waals surface area (Å²) < 4.78 is 7.17. The summed E-state index contributed by atoms with van der Waals surface area (Å²) in [6.45, 7) is 1.96. The van der Waals surface area contributed by atoms with Gasteiger partial charge in [0.05, 0.1) is 11.5 Å². The lowest BCUT2D eigenvalue weighted by Gasteiger charge is -2.12. The van der Waals surface area contributed by atoms with Crippen LogP contribution < -0.4 is 5.32 Å². The molecule has 23 heavy (non-hydrogen) atoms. The Morgan fingerprint density at radius 2 is 2.39 bits per heavy atom. The third kappa shape index (κ3) is 3.45. The first-order valence-corrected chi connectivity index (χ1v) is 8.75. The molecule has 0 bridgehead atoms. The third-order valence-electron chi connectivity index (χ3n) is 3.15. The van der Waals surface area contributed by atoms with Crippen LogP contribution in [0.5, 0.6) is 0 Å². The van der Waals surface area contributed by atoms with E-state index < -0.39 is 0 Å². The van der Waals surface area contributed by atoms with Crippen LogP contribution in [0.2, 0.25) is 0 Å². The molecule has 0 fully saturated rings. The second-order valence-electron chi connectivity index (χ2n) is 4.68. The largest absolute Gasteiger partial charge is 0.461 e. The molecule has 1 amide bonds. The zero-order valence-electron chi connectivity index (χ0n) is 12.6. The van der Waals surface area contributed by atoms with Gasteiger partial charge < -0.3 is 14.3 Å². The van der Waals surface area contributed by atoms with E-state index in [0.29, 0.717) is 28.3 Å². The number of thioether (sulfide) groups is 1. The standard InChI is InChI=1S/C14H15N5O2S2/c1-3-10(12(20)16-13-15-6-8-22-13)23-14-18-17-11(19(14)2)9-5-4-7-21-9/h4-8,10H,3H2,1-2H3,(H,15,16,20)/t10-/m1/s1. The number of hydrogen-bond acceptors (Lipinski definition) is 7. The molecular weight excluding hydrogens is 334 g/mol. The maximum absolute atomic E-state index is 12.4. The highest BCUT2D eigenvalue weighted by Crippen LogP contribution is 2.28. The van der Waals surface area contributed by atoms with Crippen LogP contribution in [0, 0.1) is 0 Å². The molecule has 3 heterocycles. The summed E-state index contributed by atoms with van der Waals surface area (Å²) in [6.07, 6.45) is 3.92. The van der Waals surface area contributed by atoms with Crippen LogP contribution in [-0.4, -0.2) is 30.9 Å². The number of rotatable bonds is 6. The van der Waals surface area contributed by atoms with Crippen molar-refractivity contribution in [2.75, 3.05) is 5.32 Å². The number of anilines is 1. The monoisotopic (exact) mass is 349 g/mol. The predicted octanol–water partition coefficient (Wildman–Crippen LogP) is 3.04. The number of carbonyl (C=O) groups excluding carboxylic acids is 1. The number of aromatic nitrogens is 4. The van der Waals surface area contributed by atoms with Crippen LogP contribution in [0.15, 0.2) is 39.5 Å². The minimum Gasteiger partial charge on any atom is -0.461 e. The number of carbonyl (C=O) groups is 1. The van der Waals surface area contributed by atoms with Gasteiger partial charge in [0, 0.05) is 18.6 Å². The highest BCUT2D eigenvalue weighted by molar-refractivity contribution is 8.00. The second kappa shape index (κ2) is 6.97. The molecule has 0 spiro atoms. The molecule has 1 atom stereocenters. The Morgan fingerprint density at radius 1 is 1.52 bits per heavy atom. The predicted molar refractivity (Wildman–Crippen MR) is 89.4 cm³/mol. The van der Waals surface area contributed by atoms with Crippen LogP contribution in [0.3, 0.4) is 0 Å². The number of hydrogen-bond donors (Lipinski definition) is 1. The maximum atomic E-state index is 12.4. The molecule has 3 rings (SSSR count). The summed E-state index contributed by atoms with van der Waals surface area (Å²) in [5, 5.41) is 13.9. The van der Waals surface area contributed by atoms with Crippen LogP contribution in [-0.2, 0) is 11.8 Å². The van der Waals surface area contributed by atoms with E-state index in [1.54, 1.807) is 18.5 Å². The minimum absolute atomic E-state index is 0.0880. The molecule has 0 saturated heterocycles. The number of amides is 1. The second-order valence-corrected chi connectivity index (χ2v) is 6.75. The van der Waals surface area contributed by atoms with Crippen molar-refractivity contribution in [3.05, 3.63) is 30.0 Å². The Labute approximate surface area is 141 Å². The van der Waals surface area contributed by atoms with Crippen LogP contribution in [0.1, 0.15) is 13.3 Å². The first kappa shape index (κ1) is 15.8. The maximum Gasteiger partial charge on any atom is 0.239 e. The van der Waals surface area contributed by atoms with E-state index in [2.05, 4.69) is 20.5 Å². The Bertz CT molecular complexity index is 767. The number of nitrogens with zero attached hydrogens (tertiary/aromatic N) is 4. The van der Waals surface area contributed by atoms with E-state index in [-0.39, 0.29) is 11.2 Å². The zero-order valence-corrected chi connectivity index (χ0v) is 14.2. The molecule has 120 valence electrons. The highest BCUT2D eigenvalue weighted by Gasteiger charge is 2.23. The van der Waals surface area contributed by atoms with Crippen molar-refractivity contribution < 1.29 is 9.21 Å². The lowest BCUT2D eigenvalue weighted by Crippen LogP contribution is -2.24. The van der Waals surface area contributed by atoms with Gasteiger partial charge in [-0.05, 0) is 18.6 Å². The quantitative estimate of drug-likeness (QED) is 0.689. The van der Waals surface area contributed by atoms with Gasteiger partial charge in [-0.15, -0.1) is 21.5 Å². The molecule has 0 saturated carbocycles. The summed E-state index contributed by atoms with van der Waals surface area (Å²) in [5.41, 5.74) is 0. The molecule has 0 aliphatic carbocycles. The Hall–Kier alpha value is -2.13. The molecule has 0 aromatic carbocycles. The van der Waals surface area contributed by atoms with E-state index in [0.717, 1.165) is 0 Å². The van der Waals surface area contributed by atoms with Crippen molar-refractivity contribution >= 4 is 34.1 Å². The SMILES string of the molecule is CC[C@@H](Sc1nnc(-c2ccco2)n1C)C(=O)Nc1nccs1. The Morgan fingerprint density at radius 3 is 3.04 bits per heavy atom. The molecule has 0 aliphatic heterocycles. The lowest BCUT2D eigenvalue weighted by atomic mass is 10.3. The summed E-state index contributed by atoms with van der Waals surface area (Å²) in [4.78, 5) is 16.4.